The summed E-state index contributed by atoms with van der Waals surface area (Å²) >= 11 is 3.29. The van der Waals surface area contributed by atoms with Crippen molar-refractivity contribution in [3.05, 3.63) is 22.8 Å². The van der Waals surface area contributed by atoms with E-state index >= 15 is 0 Å². The zero-order valence-corrected chi connectivity index (χ0v) is 9.49. The number of pyridine rings is 1. The van der Waals surface area contributed by atoms with Crippen molar-refractivity contribution in [2.75, 3.05) is 18.0 Å². The highest BCUT2D eigenvalue weighted by atomic mass is 79.9. The van der Waals surface area contributed by atoms with Crippen molar-refractivity contribution < 1.29 is 4.79 Å². The van der Waals surface area contributed by atoms with E-state index in [1.807, 2.05) is 24.0 Å². The van der Waals surface area contributed by atoms with E-state index in [1.165, 1.54) is 0 Å². The zero-order chi connectivity index (χ0) is 10.6. The molecular formula is C9H12BrN3O. The number of anilines is 1. The maximum atomic E-state index is 10.8. The third-order valence-corrected chi connectivity index (χ3v) is 2.23. The van der Waals surface area contributed by atoms with E-state index in [0.29, 0.717) is 6.54 Å². The van der Waals surface area contributed by atoms with Gasteiger partial charge in [-0.1, -0.05) is 0 Å². The maximum absolute atomic E-state index is 10.8. The van der Waals surface area contributed by atoms with Crippen LogP contribution in [0.15, 0.2) is 22.8 Å². The van der Waals surface area contributed by atoms with Gasteiger partial charge in [0.2, 0.25) is 5.91 Å². The number of hydrogen-bond donors (Lipinski definition) is 1. The number of primary amides is 1. The molecule has 1 rings (SSSR count). The number of aromatic nitrogens is 1. The number of nitrogens with two attached hydrogens (primary N) is 1. The summed E-state index contributed by atoms with van der Waals surface area (Å²) in [6.07, 6.45) is 1.69. The average Bonchev–Trinajstić information content (AvgIpc) is 2.15. The van der Waals surface area contributed by atoms with E-state index in [4.69, 9.17) is 5.73 Å². The lowest BCUT2D eigenvalue weighted by Gasteiger charge is -2.19. The summed E-state index contributed by atoms with van der Waals surface area (Å²) < 4.78 is 0.913. The largest absolute Gasteiger partial charge is 0.368 e. The first-order chi connectivity index (χ1) is 6.63. The number of likely N-dealkylation sites (N-methyl/N-ethyl adjacent to an activating group) is 1. The van der Waals surface area contributed by atoms with E-state index in [0.717, 1.165) is 10.3 Å². The first-order valence-electron chi connectivity index (χ1n) is 4.28. The smallest absolute Gasteiger partial charge is 0.236 e. The fraction of sp³-hybridized carbons (Fsp3) is 0.333. The summed E-state index contributed by atoms with van der Waals surface area (Å²) in [6, 6.07) is 3.72. The molecule has 0 atom stereocenters. The molecule has 0 radical (unpaired) electrons. The SMILES string of the molecule is CCN(CC(N)=O)c1ccc(Br)cn1. The molecule has 0 saturated heterocycles. The predicted octanol–water partition coefficient (Wildman–Crippen LogP) is 1.16. The van der Waals surface area contributed by atoms with Gasteiger partial charge in [0.15, 0.2) is 0 Å². The van der Waals surface area contributed by atoms with Gasteiger partial charge in [-0.25, -0.2) is 4.98 Å². The molecule has 4 nitrogen and oxygen atoms in total. The Morgan fingerprint density at radius 2 is 2.36 bits per heavy atom. The van der Waals surface area contributed by atoms with Crippen molar-refractivity contribution in [1.29, 1.82) is 0 Å². The van der Waals surface area contributed by atoms with E-state index < -0.39 is 0 Å². The highest BCUT2D eigenvalue weighted by Gasteiger charge is 2.07. The van der Waals surface area contributed by atoms with Gasteiger partial charge in [0.25, 0.3) is 0 Å². The van der Waals surface area contributed by atoms with Crippen LogP contribution in [-0.2, 0) is 4.79 Å². The zero-order valence-electron chi connectivity index (χ0n) is 7.90. The summed E-state index contributed by atoms with van der Waals surface area (Å²) in [5.74, 6) is 0.408. The molecule has 0 saturated carbocycles. The van der Waals surface area contributed by atoms with Gasteiger partial charge >= 0.3 is 0 Å². The number of rotatable bonds is 4. The lowest BCUT2D eigenvalue weighted by atomic mass is 10.4. The molecule has 0 fully saturated rings. The van der Waals surface area contributed by atoms with Crippen LogP contribution in [0.1, 0.15) is 6.92 Å². The van der Waals surface area contributed by atoms with Gasteiger partial charge in [0, 0.05) is 17.2 Å². The number of halogens is 1. The number of carbonyl (C=O) groups is 1. The van der Waals surface area contributed by atoms with Crippen molar-refractivity contribution in [1.82, 2.24) is 4.98 Å². The monoisotopic (exact) mass is 257 g/mol. The Bertz CT molecular complexity index is 312. The Balaban J connectivity index is 2.78. The topological polar surface area (TPSA) is 59.2 Å². The van der Waals surface area contributed by atoms with Crippen molar-refractivity contribution in [3.63, 3.8) is 0 Å². The van der Waals surface area contributed by atoms with Crippen LogP contribution in [0, 0.1) is 0 Å². The van der Waals surface area contributed by atoms with Gasteiger partial charge in [-0.05, 0) is 35.0 Å². The lowest BCUT2D eigenvalue weighted by Crippen LogP contribution is -2.34. The Morgan fingerprint density at radius 1 is 1.64 bits per heavy atom. The number of carbonyl (C=O) groups excluding carboxylic acids is 1. The van der Waals surface area contributed by atoms with Crippen LogP contribution in [0.2, 0.25) is 0 Å². The summed E-state index contributed by atoms with van der Waals surface area (Å²) in [5, 5.41) is 0. The number of amides is 1. The van der Waals surface area contributed by atoms with E-state index in [-0.39, 0.29) is 12.5 Å². The molecule has 76 valence electrons. The second-order valence-corrected chi connectivity index (χ2v) is 3.73. The minimum Gasteiger partial charge on any atom is -0.368 e. The molecule has 1 aromatic rings. The van der Waals surface area contributed by atoms with Gasteiger partial charge in [-0.3, -0.25) is 4.79 Å². The third kappa shape index (κ3) is 2.99. The highest BCUT2D eigenvalue weighted by Crippen LogP contribution is 2.13. The average molecular weight is 258 g/mol. The molecule has 0 spiro atoms. The molecule has 0 aliphatic rings. The summed E-state index contributed by atoms with van der Waals surface area (Å²) in [7, 11) is 0. The molecule has 14 heavy (non-hydrogen) atoms. The number of nitrogens with zero attached hydrogens (tertiary/aromatic N) is 2. The first-order valence-corrected chi connectivity index (χ1v) is 5.07. The molecule has 1 heterocycles. The second-order valence-electron chi connectivity index (χ2n) is 2.82. The van der Waals surface area contributed by atoms with Crippen molar-refractivity contribution in [2.45, 2.75) is 6.92 Å². The molecule has 2 N–H and O–H groups in total. The maximum Gasteiger partial charge on any atom is 0.236 e. The third-order valence-electron chi connectivity index (χ3n) is 1.76. The molecule has 0 aromatic carbocycles. The summed E-state index contributed by atoms with van der Waals surface area (Å²) in [5.41, 5.74) is 5.12. The van der Waals surface area contributed by atoms with Crippen molar-refractivity contribution in [2.24, 2.45) is 5.73 Å². The molecule has 0 bridgehead atoms. The van der Waals surface area contributed by atoms with Gasteiger partial charge in [-0.2, -0.15) is 0 Å². The van der Waals surface area contributed by atoms with Gasteiger partial charge in [0.1, 0.15) is 5.82 Å². The van der Waals surface area contributed by atoms with Gasteiger partial charge in [-0.15, -0.1) is 0 Å². The minimum atomic E-state index is -0.350. The molecule has 0 unspecified atom stereocenters. The first kappa shape index (κ1) is 11.0. The van der Waals surface area contributed by atoms with E-state index in [1.54, 1.807) is 6.20 Å². The standard InChI is InChI=1S/C9H12BrN3O/c1-2-13(6-8(11)14)9-4-3-7(10)5-12-9/h3-5H,2,6H2,1H3,(H2,11,14). The van der Waals surface area contributed by atoms with Crippen molar-refractivity contribution >= 4 is 27.7 Å². The highest BCUT2D eigenvalue weighted by molar-refractivity contribution is 9.10. The fourth-order valence-electron chi connectivity index (χ4n) is 1.10. The molecule has 1 aromatic heterocycles. The fourth-order valence-corrected chi connectivity index (χ4v) is 1.33. The predicted molar refractivity (Wildman–Crippen MR) is 59.0 cm³/mol. The van der Waals surface area contributed by atoms with Crippen LogP contribution in [0.5, 0.6) is 0 Å². The van der Waals surface area contributed by atoms with Crippen LogP contribution in [0.3, 0.4) is 0 Å². The van der Waals surface area contributed by atoms with Gasteiger partial charge < -0.3 is 10.6 Å². The Kier molecular flexibility index (Phi) is 3.88. The van der Waals surface area contributed by atoms with Gasteiger partial charge in [0.05, 0.1) is 6.54 Å². The van der Waals surface area contributed by atoms with Crippen LogP contribution >= 0.6 is 15.9 Å². The Hall–Kier alpha value is -1.10. The molecule has 0 aliphatic heterocycles. The lowest BCUT2D eigenvalue weighted by molar-refractivity contribution is -0.116. The Morgan fingerprint density at radius 3 is 2.79 bits per heavy atom. The van der Waals surface area contributed by atoms with E-state index in [9.17, 15) is 4.79 Å². The van der Waals surface area contributed by atoms with Crippen molar-refractivity contribution in [3.8, 4) is 0 Å². The summed E-state index contributed by atoms with van der Waals surface area (Å²) in [6.45, 7) is 2.86. The normalized spacial score (nSPS) is 9.86. The quantitative estimate of drug-likeness (QED) is 0.881. The van der Waals surface area contributed by atoms with Crippen LogP contribution in [-0.4, -0.2) is 24.0 Å². The van der Waals surface area contributed by atoms with Crippen LogP contribution in [0.25, 0.3) is 0 Å². The van der Waals surface area contributed by atoms with Crippen LogP contribution < -0.4 is 10.6 Å². The molecular weight excluding hydrogens is 246 g/mol. The minimum absolute atomic E-state index is 0.200. The molecule has 5 heteroatoms. The molecule has 0 aliphatic carbocycles. The Labute approximate surface area is 91.2 Å². The second kappa shape index (κ2) is 4.95. The molecule has 1 amide bonds. The number of hydrogen-bond acceptors (Lipinski definition) is 3. The van der Waals surface area contributed by atoms with E-state index in [2.05, 4.69) is 20.9 Å². The van der Waals surface area contributed by atoms with Crippen LogP contribution in [0.4, 0.5) is 5.82 Å². The summed E-state index contributed by atoms with van der Waals surface area (Å²) in [4.78, 5) is 16.7.